The standard InChI is InChI=1S/C15H20N2O2/c1-10-6-12-13(7-15(2,3)8-14(12)18)17(10)9-11-4-5-19-16-11/h4-6,14,18H,7-9H2,1-3H3. The third kappa shape index (κ3) is 2.21. The van der Waals surface area contributed by atoms with Crippen molar-refractivity contribution >= 4 is 0 Å². The Hall–Kier alpha value is -1.55. The van der Waals surface area contributed by atoms with Crippen molar-refractivity contribution in [2.24, 2.45) is 5.41 Å². The predicted octanol–water partition coefficient (Wildman–Crippen LogP) is 2.84. The predicted molar refractivity (Wildman–Crippen MR) is 71.8 cm³/mol. The van der Waals surface area contributed by atoms with Crippen LogP contribution in [-0.4, -0.2) is 14.8 Å². The number of rotatable bonds is 2. The minimum atomic E-state index is -0.351. The SMILES string of the molecule is Cc1cc2c(n1Cc1ccon1)CC(C)(C)CC2O. The van der Waals surface area contributed by atoms with Gasteiger partial charge in [0.2, 0.25) is 0 Å². The summed E-state index contributed by atoms with van der Waals surface area (Å²) in [5, 5.41) is 14.3. The Morgan fingerprint density at radius 1 is 1.53 bits per heavy atom. The molecule has 0 radical (unpaired) electrons. The molecule has 1 aliphatic rings. The zero-order valence-corrected chi connectivity index (χ0v) is 11.7. The third-order valence-corrected chi connectivity index (χ3v) is 4.01. The number of fused-ring (bicyclic) bond motifs is 1. The highest BCUT2D eigenvalue weighted by Gasteiger charge is 2.34. The van der Waals surface area contributed by atoms with Crippen LogP contribution in [0.1, 0.15) is 49.0 Å². The molecular weight excluding hydrogens is 240 g/mol. The second kappa shape index (κ2) is 4.23. The Labute approximate surface area is 113 Å². The highest BCUT2D eigenvalue weighted by molar-refractivity contribution is 5.33. The smallest absolute Gasteiger partial charge is 0.124 e. The van der Waals surface area contributed by atoms with Crippen LogP contribution in [0.5, 0.6) is 0 Å². The quantitative estimate of drug-likeness (QED) is 0.903. The van der Waals surface area contributed by atoms with E-state index in [9.17, 15) is 5.11 Å². The lowest BCUT2D eigenvalue weighted by Crippen LogP contribution is -2.27. The molecule has 4 heteroatoms. The normalized spacial score (nSPS) is 21.4. The lowest BCUT2D eigenvalue weighted by atomic mass is 9.75. The lowest BCUT2D eigenvalue weighted by molar-refractivity contribution is 0.0981. The minimum absolute atomic E-state index is 0.138. The van der Waals surface area contributed by atoms with Crippen molar-refractivity contribution < 1.29 is 9.63 Å². The summed E-state index contributed by atoms with van der Waals surface area (Å²) in [7, 11) is 0. The first kappa shape index (κ1) is 12.5. The molecule has 1 unspecified atom stereocenters. The van der Waals surface area contributed by atoms with Crippen LogP contribution < -0.4 is 0 Å². The average Bonchev–Trinajstić information content (AvgIpc) is 2.90. The Balaban J connectivity index is 2.02. The Kier molecular flexibility index (Phi) is 2.78. The monoisotopic (exact) mass is 260 g/mol. The maximum atomic E-state index is 10.3. The summed E-state index contributed by atoms with van der Waals surface area (Å²) < 4.78 is 7.14. The highest BCUT2D eigenvalue weighted by Crippen LogP contribution is 2.42. The molecule has 0 saturated heterocycles. The number of aryl methyl sites for hydroxylation is 1. The van der Waals surface area contributed by atoms with Gasteiger partial charge in [-0.15, -0.1) is 0 Å². The van der Waals surface area contributed by atoms with Crippen LogP contribution in [0.25, 0.3) is 0 Å². The summed E-state index contributed by atoms with van der Waals surface area (Å²) in [6.07, 6.45) is 3.06. The van der Waals surface area contributed by atoms with Gasteiger partial charge in [-0.05, 0) is 31.2 Å². The molecule has 2 heterocycles. The van der Waals surface area contributed by atoms with E-state index in [-0.39, 0.29) is 11.5 Å². The number of aliphatic hydroxyl groups is 1. The van der Waals surface area contributed by atoms with Crippen LogP contribution in [0.15, 0.2) is 22.9 Å². The number of hydrogen-bond acceptors (Lipinski definition) is 3. The van der Waals surface area contributed by atoms with Crippen molar-refractivity contribution in [1.29, 1.82) is 0 Å². The number of hydrogen-bond donors (Lipinski definition) is 1. The molecule has 0 aliphatic heterocycles. The molecule has 4 nitrogen and oxygen atoms in total. The van der Waals surface area contributed by atoms with Crippen LogP contribution in [0.4, 0.5) is 0 Å². The zero-order valence-electron chi connectivity index (χ0n) is 11.7. The maximum Gasteiger partial charge on any atom is 0.124 e. The first-order chi connectivity index (χ1) is 8.96. The van der Waals surface area contributed by atoms with Crippen molar-refractivity contribution in [1.82, 2.24) is 9.72 Å². The van der Waals surface area contributed by atoms with Gasteiger partial charge in [0.05, 0.1) is 12.6 Å². The van der Waals surface area contributed by atoms with Gasteiger partial charge in [0, 0.05) is 23.0 Å². The topological polar surface area (TPSA) is 51.2 Å². The van der Waals surface area contributed by atoms with E-state index in [0.717, 1.165) is 24.1 Å². The average molecular weight is 260 g/mol. The van der Waals surface area contributed by atoms with E-state index >= 15 is 0 Å². The largest absolute Gasteiger partial charge is 0.388 e. The van der Waals surface area contributed by atoms with Gasteiger partial charge in [-0.1, -0.05) is 19.0 Å². The molecule has 0 amide bonds. The van der Waals surface area contributed by atoms with Crippen LogP contribution in [0.3, 0.4) is 0 Å². The number of aromatic nitrogens is 2. The molecular formula is C15H20N2O2. The van der Waals surface area contributed by atoms with Gasteiger partial charge in [-0.2, -0.15) is 0 Å². The minimum Gasteiger partial charge on any atom is -0.388 e. The van der Waals surface area contributed by atoms with Crippen molar-refractivity contribution in [2.45, 2.75) is 46.3 Å². The molecule has 2 aromatic rings. The highest BCUT2D eigenvalue weighted by atomic mass is 16.5. The molecule has 0 bridgehead atoms. The van der Waals surface area contributed by atoms with Crippen molar-refractivity contribution in [2.75, 3.05) is 0 Å². The number of aliphatic hydroxyl groups excluding tert-OH is 1. The second-order valence-electron chi connectivity index (χ2n) is 6.33. The van der Waals surface area contributed by atoms with Gasteiger partial charge >= 0.3 is 0 Å². The summed E-state index contributed by atoms with van der Waals surface area (Å²) in [6.45, 7) is 7.21. The molecule has 0 fully saturated rings. The molecule has 0 saturated carbocycles. The Bertz CT molecular complexity index is 582. The van der Waals surface area contributed by atoms with Gasteiger partial charge in [0.1, 0.15) is 12.0 Å². The van der Waals surface area contributed by atoms with Gasteiger partial charge < -0.3 is 14.2 Å². The maximum absolute atomic E-state index is 10.3. The summed E-state index contributed by atoms with van der Waals surface area (Å²) in [4.78, 5) is 0. The zero-order chi connectivity index (χ0) is 13.6. The van der Waals surface area contributed by atoms with E-state index in [1.54, 1.807) is 6.26 Å². The third-order valence-electron chi connectivity index (χ3n) is 4.01. The van der Waals surface area contributed by atoms with Crippen LogP contribution in [-0.2, 0) is 13.0 Å². The van der Waals surface area contributed by atoms with Crippen molar-refractivity contribution in [3.8, 4) is 0 Å². The second-order valence-corrected chi connectivity index (χ2v) is 6.33. The fraction of sp³-hybridized carbons (Fsp3) is 0.533. The van der Waals surface area contributed by atoms with Crippen LogP contribution in [0, 0.1) is 12.3 Å². The number of nitrogens with zero attached hydrogens (tertiary/aromatic N) is 2. The molecule has 1 N–H and O–H groups in total. The lowest BCUT2D eigenvalue weighted by Gasteiger charge is -2.33. The van der Waals surface area contributed by atoms with E-state index in [1.807, 2.05) is 6.07 Å². The van der Waals surface area contributed by atoms with E-state index in [1.165, 1.54) is 11.4 Å². The van der Waals surface area contributed by atoms with Gasteiger partial charge in [-0.3, -0.25) is 0 Å². The summed E-state index contributed by atoms with van der Waals surface area (Å²) in [6, 6.07) is 3.99. The summed E-state index contributed by atoms with van der Waals surface area (Å²) in [5.74, 6) is 0. The fourth-order valence-electron chi connectivity index (χ4n) is 3.10. The Morgan fingerprint density at radius 3 is 3.00 bits per heavy atom. The van der Waals surface area contributed by atoms with E-state index < -0.39 is 0 Å². The van der Waals surface area contributed by atoms with E-state index in [2.05, 4.69) is 36.6 Å². The molecule has 0 spiro atoms. The molecule has 19 heavy (non-hydrogen) atoms. The van der Waals surface area contributed by atoms with Gasteiger partial charge in [-0.25, -0.2) is 0 Å². The van der Waals surface area contributed by atoms with E-state index in [0.29, 0.717) is 6.54 Å². The molecule has 1 aliphatic carbocycles. The molecule has 3 rings (SSSR count). The molecule has 1 atom stereocenters. The summed E-state index contributed by atoms with van der Waals surface area (Å²) >= 11 is 0. The molecule has 102 valence electrons. The van der Waals surface area contributed by atoms with Crippen molar-refractivity contribution in [3.05, 3.63) is 41.0 Å². The van der Waals surface area contributed by atoms with Crippen LogP contribution in [0.2, 0.25) is 0 Å². The fourth-order valence-corrected chi connectivity index (χ4v) is 3.10. The summed E-state index contributed by atoms with van der Waals surface area (Å²) in [5.41, 5.74) is 4.55. The Morgan fingerprint density at radius 2 is 2.32 bits per heavy atom. The van der Waals surface area contributed by atoms with Crippen molar-refractivity contribution in [3.63, 3.8) is 0 Å². The first-order valence-corrected chi connectivity index (χ1v) is 6.72. The molecule has 0 aromatic carbocycles. The van der Waals surface area contributed by atoms with Gasteiger partial charge in [0.25, 0.3) is 0 Å². The van der Waals surface area contributed by atoms with Gasteiger partial charge in [0.15, 0.2) is 0 Å². The molecule has 2 aromatic heterocycles. The van der Waals surface area contributed by atoms with Crippen LogP contribution >= 0.6 is 0 Å². The first-order valence-electron chi connectivity index (χ1n) is 6.72. The van der Waals surface area contributed by atoms with E-state index in [4.69, 9.17) is 4.52 Å².